The van der Waals surface area contributed by atoms with Crippen LogP contribution in [0.5, 0.6) is 0 Å². The second-order valence-corrected chi connectivity index (χ2v) is 2.27. The lowest BCUT2D eigenvalue weighted by Gasteiger charge is -2.01. The maximum absolute atomic E-state index is 10.8. The molecule has 0 aliphatic rings. The number of aliphatic carboxylic acids is 1. The minimum atomic E-state index is -0.911. The molecule has 5 heteroatoms. The van der Waals surface area contributed by atoms with Gasteiger partial charge in [-0.15, -0.1) is 0 Å². The van der Waals surface area contributed by atoms with Crippen molar-refractivity contribution >= 4 is 11.9 Å². The molecule has 70 valence electrons. The van der Waals surface area contributed by atoms with Gasteiger partial charge in [-0.25, -0.2) is 0 Å². The van der Waals surface area contributed by atoms with Crippen LogP contribution in [0.2, 0.25) is 0 Å². The van der Waals surface area contributed by atoms with Crippen molar-refractivity contribution in [3.05, 3.63) is 0 Å². The Labute approximate surface area is 71.1 Å². The molecule has 5 nitrogen and oxygen atoms in total. The van der Waals surface area contributed by atoms with Gasteiger partial charge in [-0.3, -0.25) is 9.59 Å². The lowest BCUT2D eigenvalue weighted by atomic mass is 10.4. The first kappa shape index (κ1) is 10.9. The van der Waals surface area contributed by atoms with E-state index in [1.54, 1.807) is 0 Å². The van der Waals surface area contributed by atoms with Crippen LogP contribution in [0.3, 0.4) is 0 Å². The maximum Gasteiger partial charge on any atom is 0.317 e. The Kier molecular flexibility index (Phi) is 6.00. The summed E-state index contributed by atoms with van der Waals surface area (Å²) in [6, 6.07) is 0. The summed E-state index contributed by atoms with van der Waals surface area (Å²) < 4.78 is 0. The van der Waals surface area contributed by atoms with Crippen molar-refractivity contribution in [2.24, 2.45) is 0 Å². The molecule has 0 saturated carbocycles. The Hall–Kier alpha value is -1.10. The van der Waals surface area contributed by atoms with Crippen LogP contribution in [0, 0.1) is 0 Å². The van der Waals surface area contributed by atoms with Crippen LogP contribution in [-0.2, 0) is 9.59 Å². The molecule has 0 bridgehead atoms. The van der Waals surface area contributed by atoms with Gasteiger partial charge in [0.15, 0.2) is 0 Å². The fourth-order valence-corrected chi connectivity index (χ4v) is 0.683. The van der Waals surface area contributed by atoms with Crippen molar-refractivity contribution in [3.63, 3.8) is 0 Å². The largest absolute Gasteiger partial charge is 0.480 e. The van der Waals surface area contributed by atoms with Gasteiger partial charge in [0, 0.05) is 19.5 Å². The fraction of sp³-hybridized carbons (Fsp3) is 0.714. The van der Waals surface area contributed by atoms with Crippen LogP contribution in [-0.4, -0.2) is 36.6 Å². The van der Waals surface area contributed by atoms with Gasteiger partial charge >= 0.3 is 5.97 Å². The Balaban J connectivity index is 3.19. The molecule has 0 unspecified atom stereocenters. The zero-order valence-electron chi connectivity index (χ0n) is 7.09. The number of hydrogen-bond donors (Lipinski definition) is 3. The molecular weight excluding hydrogens is 160 g/mol. The van der Waals surface area contributed by atoms with E-state index in [0.717, 1.165) is 0 Å². The first-order valence-corrected chi connectivity index (χ1v) is 3.86. The Morgan fingerprint density at radius 3 is 2.58 bits per heavy atom. The lowest BCUT2D eigenvalue weighted by molar-refractivity contribution is -0.136. The SMILES string of the molecule is CCNC(=O)CCNCC(=O)O. The summed E-state index contributed by atoms with van der Waals surface area (Å²) in [5, 5.41) is 13.4. The van der Waals surface area contributed by atoms with Gasteiger partial charge in [0.25, 0.3) is 0 Å². The zero-order chi connectivity index (χ0) is 9.40. The molecule has 0 radical (unpaired) electrons. The Morgan fingerprint density at radius 1 is 1.42 bits per heavy atom. The predicted molar refractivity (Wildman–Crippen MR) is 43.8 cm³/mol. The smallest absolute Gasteiger partial charge is 0.317 e. The summed E-state index contributed by atoms with van der Waals surface area (Å²) in [5.41, 5.74) is 0. The molecule has 0 aromatic heterocycles. The van der Waals surface area contributed by atoms with E-state index in [4.69, 9.17) is 5.11 Å². The average molecular weight is 174 g/mol. The van der Waals surface area contributed by atoms with Gasteiger partial charge < -0.3 is 15.7 Å². The first-order chi connectivity index (χ1) is 5.66. The van der Waals surface area contributed by atoms with Gasteiger partial charge in [-0.05, 0) is 6.92 Å². The molecule has 3 N–H and O–H groups in total. The van der Waals surface area contributed by atoms with Crippen LogP contribution in [0.15, 0.2) is 0 Å². The molecular formula is C7H14N2O3. The molecule has 0 rings (SSSR count). The van der Waals surface area contributed by atoms with Crippen molar-refractivity contribution in [3.8, 4) is 0 Å². The monoisotopic (exact) mass is 174 g/mol. The average Bonchev–Trinajstić information content (AvgIpc) is 1.98. The molecule has 0 atom stereocenters. The van der Waals surface area contributed by atoms with Gasteiger partial charge in [0.1, 0.15) is 0 Å². The van der Waals surface area contributed by atoms with Crippen LogP contribution in [0.4, 0.5) is 0 Å². The highest BCUT2D eigenvalue weighted by atomic mass is 16.4. The third-order valence-corrected chi connectivity index (χ3v) is 1.18. The van der Waals surface area contributed by atoms with Crippen LogP contribution in [0.25, 0.3) is 0 Å². The molecule has 12 heavy (non-hydrogen) atoms. The minimum Gasteiger partial charge on any atom is -0.480 e. The number of nitrogens with one attached hydrogen (secondary N) is 2. The van der Waals surface area contributed by atoms with Crippen LogP contribution >= 0.6 is 0 Å². The van der Waals surface area contributed by atoms with Gasteiger partial charge in [0.2, 0.25) is 5.91 Å². The van der Waals surface area contributed by atoms with E-state index in [9.17, 15) is 9.59 Å². The fourth-order valence-electron chi connectivity index (χ4n) is 0.683. The highest BCUT2D eigenvalue weighted by molar-refractivity contribution is 5.76. The van der Waals surface area contributed by atoms with E-state index in [-0.39, 0.29) is 12.5 Å². The second-order valence-electron chi connectivity index (χ2n) is 2.27. The Bertz CT molecular complexity index is 159. The third-order valence-electron chi connectivity index (χ3n) is 1.18. The molecule has 0 aliphatic heterocycles. The molecule has 0 aliphatic carbocycles. The first-order valence-electron chi connectivity index (χ1n) is 3.86. The van der Waals surface area contributed by atoms with Crippen LogP contribution < -0.4 is 10.6 Å². The van der Waals surface area contributed by atoms with Crippen molar-refractivity contribution in [2.45, 2.75) is 13.3 Å². The summed E-state index contributed by atoms with van der Waals surface area (Å²) in [5.74, 6) is -0.971. The summed E-state index contributed by atoms with van der Waals surface area (Å²) >= 11 is 0. The predicted octanol–water partition coefficient (Wildman–Crippen LogP) is -0.813. The number of carbonyl (C=O) groups excluding carboxylic acids is 1. The van der Waals surface area contributed by atoms with Crippen molar-refractivity contribution in [1.29, 1.82) is 0 Å². The van der Waals surface area contributed by atoms with Gasteiger partial charge in [0.05, 0.1) is 6.54 Å². The standard InChI is InChI=1S/C7H14N2O3/c1-2-9-6(10)3-4-8-5-7(11)12/h8H,2-5H2,1H3,(H,9,10)(H,11,12). The normalized spacial score (nSPS) is 9.42. The molecule has 1 amide bonds. The maximum atomic E-state index is 10.8. The number of hydrogen-bond acceptors (Lipinski definition) is 3. The quantitative estimate of drug-likeness (QED) is 0.460. The van der Waals surface area contributed by atoms with Crippen LogP contribution in [0.1, 0.15) is 13.3 Å². The number of rotatable bonds is 6. The van der Waals surface area contributed by atoms with Crippen molar-refractivity contribution in [1.82, 2.24) is 10.6 Å². The zero-order valence-corrected chi connectivity index (χ0v) is 7.09. The minimum absolute atomic E-state index is 0.0598. The molecule has 0 aromatic carbocycles. The summed E-state index contributed by atoms with van der Waals surface area (Å²) in [7, 11) is 0. The highest BCUT2D eigenvalue weighted by Crippen LogP contribution is 1.75. The summed E-state index contributed by atoms with van der Waals surface area (Å²) in [6.07, 6.45) is 0.321. The highest BCUT2D eigenvalue weighted by Gasteiger charge is 1.99. The molecule has 0 aromatic rings. The van der Waals surface area contributed by atoms with Gasteiger partial charge in [-0.2, -0.15) is 0 Å². The lowest BCUT2D eigenvalue weighted by Crippen LogP contribution is -2.29. The molecule has 0 spiro atoms. The Morgan fingerprint density at radius 2 is 2.08 bits per heavy atom. The van der Waals surface area contributed by atoms with E-state index in [1.807, 2.05) is 6.92 Å². The number of carboxylic acids is 1. The van der Waals surface area contributed by atoms with E-state index >= 15 is 0 Å². The van der Waals surface area contributed by atoms with E-state index in [0.29, 0.717) is 19.5 Å². The molecule has 0 saturated heterocycles. The molecule has 0 heterocycles. The summed E-state index contributed by atoms with van der Waals surface area (Å²) in [4.78, 5) is 20.8. The van der Waals surface area contributed by atoms with Gasteiger partial charge in [-0.1, -0.05) is 0 Å². The second kappa shape index (κ2) is 6.60. The number of amides is 1. The number of carboxylic acid groups (broad SMARTS) is 1. The topological polar surface area (TPSA) is 78.4 Å². The van der Waals surface area contributed by atoms with E-state index in [1.165, 1.54) is 0 Å². The van der Waals surface area contributed by atoms with E-state index < -0.39 is 5.97 Å². The number of carbonyl (C=O) groups is 2. The third kappa shape index (κ3) is 7.01. The van der Waals surface area contributed by atoms with Crippen molar-refractivity contribution < 1.29 is 14.7 Å². The summed E-state index contributed by atoms with van der Waals surface area (Å²) in [6.45, 7) is 2.75. The van der Waals surface area contributed by atoms with E-state index in [2.05, 4.69) is 10.6 Å². The van der Waals surface area contributed by atoms with Crippen molar-refractivity contribution in [2.75, 3.05) is 19.6 Å². The molecule has 0 fully saturated rings.